The number of carbonyl (C=O) groups excluding carboxylic acids is 1. The highest BCUT2D eigenvalue weighted by Gasteiger charge is 2.27. The molecule has 0 radical (unpaired) electrons. The summed E-state index contributed by atoms with van der Waals surface area (Å²) in [6.45, 7) is 7.31. The highest BCUT2D eigenvalue weighted by Crippen LogP contribution is 2.24. The molecule has 1 amide bonds. The van der Waals surface area contributed by atoms with Crippen molar-refractivity contribution in [1.82, 2.24) is 9.62 Å². The zero-order chi connectivity index (χ0) is 21.7. The minimum Gasteiger partial charge on any atom is -0.494 e. The predicted molar refractivity (Wildman–Crippen MR) is 117 cm³/mol. The molecule has 162 valence electrons. The highest BCUT2D eigenvalue weighted by molar-refractivity contribution is 7.89. The van der Waals surface area contributed by atoms with E-state index in [-0.39, 0.29) is 16.8 Å². The van der Waals surface area contributed by atoms with Gasteiger partial charge in [-0.1, -0.05) is 24.6 Å². The largest absolute Gasteiger partial charge is 0.494 e. The molecule has 1 fully saturated rings. The summed E-state index contributed by atoms with van der Waals surface area (Å²) >= 11 is 0. The van der Waals surface area contributed by atoms with E-state index in [0.717, 1.165) is 36.1 Å². The third kappa shape index (κ3) is 5.02. The van der Waals surface area contributed by atoms with Crippen molar-refractivity contribution in [2.24, 2.45) is 0 Å². The molecule has 1 N–H and O–H groups in total. The standard InChI is InChI=1S/C23H30N2O4S/c1-4-29-20-11-9-19(10-12-20)18(3)24-23(26)22-16-21(13-8-17(22)2)30(27,28)25-14-6-5-7-15-25/h8-13,16,18H,4-7,14-15H2,1-3H3,(H,24,26). The van der Waals surface area contributed by atoms with Crippen molar-refractivity contribution in [1.29, 1.82) is 0 Å². The van der Waals surface area contributed by atoms with Crippen molar-refractivity contribution in [3.63, 3.8) is 0 Å². The second-order valence-corrected chi connectivity index (χ2v) is 9.58. The molecule has 30 heavy (non-hydrogen) atoms. The number of ether oxygens (including phenoxy) is 1. The second kappa shape index (κ2) is 9.62. The Balaban J connectivity index is 1.77. The number of hydrogen-bond donors (Lipinski definition) is 1. The first kappa shape index (κ1) is 22.3. The first-order chi connectivity index (χ1) is 14.3. The SMILES string of the molecule is CCOc1ccc(C(C)NC(=O)c2cc(S(=O)(=O)N3CCCCC3)ccc2C)cc1. The highest BCUT2D eigenvalue weighted by atomic mass is 32.2. The first-order valence-corrected chi connectivity index (χ1v) is 11.9. The molecule has 3 rings (SSSR count). The second-order valence-electron chi connectivity index (χ2n) is 7.64. The summed E-state index contributed by atoms with van der Waals surface area (Å²) in [7, 11) is -3.59. The lowest BCUT2D eigenvalue weighted by Crippen LogP contribution is -2.35. The molecule has 1 saturated heterocycles. The molecule has 2 aromatic rings. The zero-order valence-electron chi connectivity index (χ0n) is 17.8. The van der Waals surface area contributed by atoms with E-state index in [1.54, 1.807) is 12.1 Å². The van der Waals surface area contributed by atoms with Crippen molar-refractivity contribution in [3.05, 3.63) is 59.2 Å². The smallest absolute Gasteiger partial charge is 0.252 e. The molecule has 1 heterocycles. The van der Waals surface area contributed by atoms with Crippen LogP contribution in [0.1, 0.15) is 60.6 Å². The van der Waals surface area contributed by atoms with Gasteiger partial charge in [0.15, 0.2) is 0 Å². The quantitative estimate of drug-likeness (QED) is 0.719. The molecule has 7 heteroatoms. The van der Waals surface area contributed by atoms with Crippen LogP contribution in [0.3, 0.4) is 0 Å². The van der Waals surface area contributed by atoms with E-state index >= 15 is 0 Å². The van der Waals surface area contributed by atoms with Gasteiger partial charge in [-0.2, -0.15) is 4.31 Å². The number of nitrogens with one attached hydrogen (secondary N) is 1. The first-order valence-electron chi connectivity index (χ1n) is 10.5. The Labute approximate surface area is 179 Å². The Morgan fingerprint density at radius 3 is 2.40 bits per heavy atom. The fraction of sp³-hybridized carbons (Fsp3) is 0.435. The zero-order valence-corrected chi connectivity index (χ0v) is 18.7. The topological polar surface area (TPSA) is 75.7 Å². The molecule has 1 aliphatic heterocycles. The molecular weight excluding hydrogens is 400 g/mol. The molecule has 0 aromatic heterocycles. The number of hydrogen-bond acceptors (Lipinski definition) is 4. The molecule has 1 aliphatic rings. The Bertz CT molecular complexity index is 981. The van der Waals surface area contributed by atoms with Crippen LogP contribution in [0.5, 0.6) is 5.75 Å². The van der Waals surface area contributed by atoms with Crippen LogP contribution in [-0.2, 0) is 10.0 Å². The van der Waals surface area contributed by atoms with Crippen molar-refractivity contribution >= 4 is 15.9 Å². The fourth-order valence-corrected chi connectivity index (χ4v) is 5.18. The van der Waals surface area contributed by atoms with Crippen molar-refractivity contribution in [2.45, 2.75) is 51.0 Å². The van der Waals surface area contributed by atoms with Gasteiger partial charge >= 0.3 is 0 Å². The van der Waals surface area contributed by atoms with Gasteiger partial charge in [0, 0.05) is 18.7 Å². The van der Waals surface area contributed by atoms with Crippen LogP contribution >= 0.6 is 0 Å². The van der Waals surface area contributed by atoms with E-state index in [1.807, 2.05) is 45.0 Å². The summed E-state index contributed by atoms with van der Waals surface area (Å²) in [6.07, 6.45) is 2.80. The molecule has 0 bridgehead atoms. The minimum absolute atomic E-state index is 0.175. The van der Waals surface area contributed by atoms with Gasteiger partial charge in [0.2, 0.25) is 10.0 Å². The number of nitrogens with zero attached hydrogens (tertiary/aromatic N) is 1. The maximum Gasteiger partial charge on any atom is 0.252 e. The fourth-order valence-electron chi connectivity index (χ4n) is 3.64. The van der Waals surface area contributed by atoms with Gasteiger partial charge in [-0.3, -0.25) is 4.79 Å². The number of carbonyl (C=O) groups is 1. The molecule has 6 nitrogen and oxygen atoms in total. The maximum absolute atomic E-state index is 13.0. The summed E-state index contributed by atoms with van der Waals surface area (Å²) < 4.78 is 32.9. The monoisotopic (exact) mass is 430 g/mol. The van der Waals surface area contributed by atoms with E-state index in [1.165, 1.54) is 10.4 Å². The van der Waals surface area contributed by atoms with Gasteiger partial charge in [0.05, 0.1) is 17.5 Å². The lowest BCUT2D eigenvalue weighted by Gasteiger charge is -2.26. The number of benzene rings is 2. The Kier molecular flexibility index (Phi) is 7.15. The van der Waals surface area contributed by atoms with Gasteiger partial charge in [-0.25, -0.2) is 8.42 Å². The summed E-state index contributed by atoms with van der Waals surface area (Å²) in [4.78, 5) is 13.1. The number of aryl methyl sites for hydroxylation is 1. The summed E-state index contributed by atoms with van der Waals surface area (Å²) in [6, 6.07) is 12.1. The third-order valence-electron chi connectivity index (χ3n) is 5.45. The summed E-state index contributed by atoms with van der Waals surface area (Å²) in [5.74, 6) is 0.496. The third-order valence-corrected chi connectivity index (χ3v) is 7.34. The summed E-state index contributed by atoms with van der Waals surface area (Å²) in [5.41, 5.74) is 2.07. The Hall–Kier alpha value is -2.38. The van der Waals surface area contributed by atoms with E-state index in [0.29, 0.717) is 25.3 Å². The molecule has 0 saturated carbocycles. The summed E-state index contributed by atoms with van der Waals surface area (Å²) in [5, 5.41) is 2.97. The van der Waals surface area contributed by atoms with Gasteiger partial charge in [-0.05, 0) is 69.0 Å². The number of piperidine rings is 1. The average molecular weight is 431 g/mol. The van der Waals surface area contributed by atoms with Crippen LogP contribution in [0.25, 0.3) is 0 Å². The molecule has 0 aliphatic carbocycles. The molecule has 0 spiro atoms. The predicted octanol–water partition coefficient (Wildman–Crippen LogP) is 4.06. The average Bonchev–Trinajstić information content (AvgIpc) is 2.75. The van der Waals surface area contributed by atoms with E-state index in [2.05, 4.69) is 5.32 Å². The lowest BCUT2D eigenvalue weighted by atomic mass is 10.1. The van der Waals surface area contributed by atoms with Gasteiger partial charge in [-0.15, -0.1) is 0 Å². The minimum atomic E-state index is -3.59. The van der Waals surface area contributed by atoms with Crippen molar-refractivity contribution in [2.75, 3.05) is 19.7 Å². The van der Waals surface area contributed by atoms with E-state index < -0.39 is 10.0 Å². The van der Waals surface area contributed by atoms with Crippen molar-refractivity contribution < 1.29 is 17.9 Å². The maximum atomic E-state index is 13.0. The van der Waals surface area contributed by atoms with E-state index in [9.17, 15) is 13.2 Å². The Morgan fingerprint density at radius 2 is 1.77 bits per heavy atom. The number of sulfonamides is 1. The normalized spacial score (nSPS) is 16.1. The van der Waals surface area contributed by atoms with Crippen LogP contribution in [0.15, 0.2) is 47.4 Å². The lowest BCUT2D eigenvalue weighted by molar-refractivity contribution is 0.0939. The van der Waals surface area contributed by atoms with Gasteiger partial charge in [0.1, 0.15) is 5.75 Å². The van der Waals surface area contributed by atoms with Gasteiger partial charge < -0.3 is 10.1 Å². The number of rotatable bonds is 7. The number of amides is 1. The van der Waals surface area contributed by atoms with Crippen LogP contribution in [-0.4, -0.2) is 38.3 Å². The molecule has 2 aromatic carbocycles. The van der Waals surface area contributed by atoms with Crippen LogP contribution in [0.2, 0.25) is 0 Å². The van der Waals surface area contributed by atoms with Crippen molar-refractivity contribution in [3.8, 4) is 5.75 Å². The van der Waals surface area contributed by atoms with Gasteiger partial charge in [0.25, 0.3) is 5.91 Å². The molecule has 1 atom stereocenters. The molecule has 1 unspecified atom stereocenters. The van der Waals surface area contributed by atoms with E-state index in [4.69, 9.17) is 4.74 Å². The molecular formula is C23H30N2O4S. The Morgan fingerprint density at radius 1 is 1.10 bits per heavy atom. The van der Waals surface area contributed by atoms with Crippen LogP contribution < -0.4 is 10.1 Å². The van der Waals surface area contributed by atoms with Crippen LogP contribution in [0.4, 0.5) is 0 Å². The van der Waals surface area contributed by atoms with Crippen LogP contribution in [0, 0.1) is 6.92 Å².